The van der Waals surface area contributed by atoms with Crippen LogP contribution in [0.25, 0.3) is 0 Å². The third-order valence-corrected chi connectivity index (χ3v) is 3.17. The normalized spacial score (nSPS) is 15.9. The van der Waals surface area contributed by atoms with Crippen LogP contribution in [-0.2, 0) is 0 Å². The minimum Gasteiger partial charge on any atom is -0.478 e. The Kier molecular flexibility index (Phi) is 2.62. The fourth-order valence-electron chi connectivity index (χ4n) is 2.01. The Balaban J connectivity index is 2.14. The molecule has 0 atom stereocenters. The first kappa shape index (κ1) is 11.0. The predicted octanol–water partition coefficient (Wildman–Crippen LogP) is 2.99. The Bertz CT molecular complexity index is 408. The number of benzene rings is 1. The van der Waals surface area contributed by atoms with E-state index in [1.54, 1.807) is 18.2 Å². The molecule has 0 aromatic heterocycles. The zero-order valence-electron chi connectivity index (χ0n) is 9.66. The summed E-state index contributed by atoms with van der Waals surface area (Å²) in [5.74, 6) is -0.172. The number of carboxylic acid groups (broad SMARTS) is 1. The smallest absolute Gasteiger partial charge is 0.335 e. The minimum atomic E-state index is -0.882. The van der Waals surface area contributed by atoms with Crippen LogP contribution in [-0.4, -0.2) is 16.6 Å². The van der Waals surface area contributed by atoms with Crippen molar-refractivity contribution >= 4 is 11.7 Å². The second-order valence-electron chi connectivity index (χ2n) is 5.01. The number of aromatic carboxylic acids is 1. The lowest BCUT2D eigenvalue weighted by molar-refractivity contribution is 0.0697. The maximum atomic E-state index is 10.8. The van der Waals surface area contributed by atoms with Crippen LogP contribution in [0.3, 0.4) is 0 Å². The van der Waals surface area contributed by atoms with Crippen LogP contribution in [0.5, 0.6) is 0 Å². The van der Waals surface area contributed by atoms with Gasteiger partial charge in [-0.3, -0.25) is 0 Å². The molecule has 16 heavy (non-hydrogen) atoms. The molecule has 3 nitrogen and oxygen atoms in total. The van der Waals surface area contributed by atoms with Gasteiger partial charge in [0.1, 0.15) is 0 Å². The molecule has 1 aliphatic carbocycles. The molecule has 1 aromatic rings. The molecule has 1 fully saturated rings. The van der Waals surface area contributed by atoms with Crippen molar-refractivity contribution in [2.75, 3.05) is 5.32 Å². The van der Waals surface area contributed by atoms with Crippen molar-refractivity contribution in [2.24, 2.45) is 5.92 Å². The maximum Gasteiger partial charge on any atom is 0.335 e. The predicted molar refractivity (Wildman–Crippen MR) is 63.8 cm³/mol. The van der Waals surface area contributed by atoms with Crippen LogP contribution in [0.4, 0.5) is 5.69 Å². The minimum absolute atomic E-state index is 0.0527. The highest BCUT2D eigenvalue weighted by molar-refractivity contribution is 5.88. The van der Waals surface area contributed by atoms with Crippen molar-refractivity contribution in [1.82, 2.24) is 0 Å². The van der Waals surface area contributed by atoms with E-state index in [4.69, 9.17) is 5.11 Å². The summed E-state index contributed by atoms with van der Waals surface area (Å²) in [6.07, 6.45) is 2.53. The fourth-order valence-corrected chi connectivity index (χ4v) is 2.01. The summed E-state index contributed by atoms with van der Waals surface area (Å²) >= 11 is 0. The zero-order chi connectivity index (χ0) is 11.8. The average Bonchev–Trinajstić information content (AvgIpc) is 3.00. The van der Waals surface area contributed by atoms with Crippen molar-refractivity contribution in [1.29, 1.82) is 0 Å². The van der Waals surface area contributed by atoms with E-state index in [1.807, 2.05) is 6.07 Å². The van der Waals surface area contributed by atoms with Gasteiger partial charge in [0.05, 0.1) is 5.56 Å². The van der Waals surface area contributed by atoms with E-state index in [2.05, 4.69) is 19.2 Å². The molecule has 0 spiro atoms. The van der Waals surface area contributed by atoms with Crippen molar-refractivity contribution in [3.05, 3.63) is 29.8 Å². The molecule has 0 amide bonds. The molecule has 0 aliphatic heterocycles. The largest absolute Gasteiger partial charge is 0.478 e. The molecule has 0 bridgehead atoms. The number of carboxylic acids is 1. The van der Waals surface area contributed by atoms with Gasteiger partial charge in [-0.2, -0.15) is 0 Å². The highest BCUT2D eigenvalue weighted by atomic mass is 16.4. The Labute approximate surface area is 95.5 Å². The Morgan fingerprint density at radius 1 is 1.44 bits per heavy atom. The van der Waals surface area contributed by atoms with E-state index in [1.165, 1.54) is 12.8 Å². The molecular weight excluding hydrogens is 202 g/mol. The Hall–Kier alpha value is -1.51. The monoisotopic (exact) mass is 219 g/mol. The van der Waals surface area contributed by atoms with Crippen LogP contribution in [0.15, 0.2) is 24.3 Å². The molecule has 0 radical (unpaired) electrons. The lowest BCUT2D eigenvalue weighted by atomic mass is 9.98. The van der Waals surface area contributed by atoms with E-state index in [9.17, 15) is 4.79 Å². The van der Waals surface area contributed by atoms with Crippen molar-refractivity contribution < 1.29 is 9.90 Å². The molecule has 3 heteroatoms. The fraction of sp³-hybridized carbons (Fsp3) is 0.462. The standard InChI is InChI=1S/C13H17NO2/c1-13(2,10-6-7-10)14-11-5-3-4-9(8-11)12(15)16/h3-5,8,10,14H,6-7H2,1-2H3,(H,15,16). The number of hydrogen-bond donors (Lipinski definition) is 2. The topological polar surface area (TPSA) is 49.3 Å². The lowest BCUT2D eigenvalue weighted by Gasteiger charge is -2.27. The van der Waals surface area contributed by atoms with Crippen molar-refractivity contribution in [2.45, 2.75) is 32.2 Å². The highest BCUT2D eigenvalue weighted by Gasteiger charge is 2.37. The number of hydrogen-bond acceptors (Lipinski definition) is 2. The maximum absolute atomic E-state index is 10.8. The Morgan fingerprint density at radius 3 is 2.69 bits per heavy atom. The summed E-state index contributed by atoms with van der Waals surface area (Å²) in [6.45, 7) is 4.33. The first-order valence-corrected chi connectivity index (χ1v) is 5.60. The number of nitrogens with one attached hydrogen (secondary N) is 1. The molecule has 1 aromatic carbocycles. The quantitative estimate of drug-likeness (QED) is 0.818. The third kappa shape index (κ3) is 2.35. The number of anilines is 1. The SMILES string of the molecule is CC(C)(Nc1cccc(C(=O)O)c1)C1CC1. The first-order valence-electron chi connectivity index (χ1n) is 5.60. The summed E-state index contributed by atoms with van der Waals surface area (Å²) in [7, 11) is 0. The molecule has 0 saturated heterocycles. The van der Waals surface area contributed by atoms with E-state index >= 15 is 0 Å². The van der Waals surface area contributed by atoms with E-state index in [0.717, 1.165) is 5.69 Å². The van der Waals surface area contributed by atoms with Crippen LogP contribution >= 0.6 is 0 Å². The summed E-state index contributed by atoms with van der Waals surface area (Å²) in [5.41, 5.74) is 1.27. The summed E-state index contributed by atoms with van der Waals surface area (Å²) in [6, 6.07) is 6.98. The van der Waals surface area contributed by atoms with Crippen molar-refractivity contribution in [3.8, 4) is 0 Å². The van der Waals surface area contributed by atoms with Crippen LogP contribution in [0.1, 0.15) is 37.0 Å². The molecule has 2 rings (SSSR count). The molecule has 1 aliphatic rings. The molecule has 0 unspecified atom stereocenters. The van der Waals surface area contributed by atoms with Gasteiger partial charge in [0.25, 0.3) is 0 Å². The summed E-state index contributed by atoms with van der Waals surface area (Å²) in [5, 5.41) is 12.3. The van der Waals surface area contributed by atoms with Crippen LogP contribution in [0, 0.1) is 5.92 Å². The van der Waals surface area contributed by atoms with Crippen LogP contribution < -0.4 is 5.32 Å². The molecule has 86 valence electrons. The summed E-state index contributed by atoms with van der Waals surface area (Å²) in [4.78, 5) is 10.8. The Morgan fingerprint density at radius 2 is 2.12 bits per heavy atom. The molecule has 0 heterocycles. The van der Waals surface area contributed by atoms with Gasteiger partial charge in [0, 0.05) is 11.2 Å². The van der Waals surface area contributed by atoms with E-state index in [-0.39, 0.29) is 5.54 Å². The second kappa shape index (κ2) is 3.81. The van der Waals surface area contributed by atoms with Crippen molar-refractivity contribution in [3.63, 3.8) is 0 Å². The number of rotatable bonds is 4. The third-order valence-electron chi connectivity index (χ3n) is 3.17. The second-order valence-corrected chi connectivity index (χ2v) is 5.01. The van der Waals surface area contributed by atoms with Crippen LogP contribution in [0.2, 0.25) is 0 Å². The van der Waals surface area contributed by atoms with Gasteiger partial charge in [-0.1, -0.05) is 6.07 Å². The zero-order valence-corrected chi connectivity index (χ0v) is 9.66. The van der Waals surface area contributed by atoms with Gasteiger partial charge >= 0.3 is 5.97 Å². The van der Waals surface area contributed by atoms with Gasteiger partial charge in [-0.05, 0) is 50.8 Å². The average molecular weight is 219 g/mol. The van der Waals surface area contributed by atoms with Gasteiger partial charge in [0.2, 0.25) is 0 Å². The van der Waals surface area contributed by atoms with Gasteiger partial charge in [-0.25, -0.2) is 4.79 Å². The van der Waals surface area contributed by atoms with Gasteiger partial charge < -0.3 is 10.4 Å². The first-order chi connectivity index (χ1) is 7.49. The highest BCUT2D eigenvalue weighted by Crippen LogP contribution is 2.41. The van der Waals surface area contributed by atoms with E-state index in [0.29, 0.717) is 11.5 Å². The van der Waals surface area contributed by atoms with E-state index < -0.39 is 5.97 Å². The van der Waals surface area contributed by atoms with Gasteiger partial charge in [-0.15, -0.1) is 0 Å². The molecular formula is C13H17NO2. The summed E-state index contributed by atoms with van der Waals surface area (Å²) < 4.78 is 0. The molecule has 2 N–H and O–H groups in total. The lowest BCUT2D eigenvalue weighted by Crippen LogP contribution is -2.33. The molecule has 1 saturated carbocycles. The number of carbonyl (C=O) groups is 1. The van der Waals surface area contributed by atoms with Gasteiger partial charge in [0.15, 0.2) is 0 Å².